The smallest absolute Gasteiger partial charge is 0.261 e. The van der Waals surface area contributed by atoms with Crippen molar-refractivity contribution in [1.82, 2.24) is 9.88 Å². The molecule has 2 N–H and O–H groups in total. The van der Waals surface area contributed by atoms with Crippen LogP contribution in [0, 0.1) is 0 Å². The molecule has 31 heavy (non-hydrogen) atoms. The SMILES string of the molecule is O=C(CCCN1C(=O)c2ccccc2C1=O)Nc1ccccc1C(=O)Nc1nccs1. The summed E-state index contributed by atoms with van der Waals surface area (Å²) in [5, 5.41) is 7.63. The molecule has 156 valence electrons. The van der Waals surface area contributed by atoms with Crippen LogP contribution in [0.4, 0.5) is 10.8 Å². The van der Waals surface area contributed by atoms with Crippen molar-refractivity contribution in [2.45, 2.75) is 12.8 Å². The maximum atomic E-state index is 12.5. The van der Waals surface area contributed by atoms with Crippen molar-refractivity contribution in [3.63, 3.8) is 0 Å². The number of amides is 4. The van der Waals surface area contributed by atoms with Crippen molar-refractivity contribution < 1.29 is 19.2 Å². The molecule has 2 aromatic carbocycles. The third kappa shape index (κ3) is 4.36. The molecular formula is C22H18N4O4S. The molecule has 0 saturated carbocycles. The second kappa shape index (κ2) is 8.88. The first-order valence-corrected chi connectivity index (χ1v) is 10.5. The lowest BCUT2D eigenvalue weighted by Gasteiger charge is -2.14. The van der Waals surface area contributed by atoms with E-state index in [0.29, 0.717) is 33.9 Å². The van der Waals surface area contributed by atoms with E-state index in [0.717, 1.165) is 4.90 Å². The Balaban J connectivity index is 1.33. The number of fused-ring (bicyclic) bond motifs is 1. The Morgan fingerprint density at radius 1 is 0.935 bits per heavy atom. The van der Waals surface area contributed by atoms with Gasteiger partial charge in [0.15, 0.2) is 5.13 Å². The summed E-state index contributed by atoms with van der Waals surface area (Å²) in [5.74, 6) is -1.38. The van der Waals surface area contributed by atoms with Gasteiger partial charge in [0.2, 0.25) is 5.91 Å². The molecule has 2 heterocycles. The molecule has 0 saturated heterocycles. The number of thiazole rings is 1. The molecule has 1 aromatic heterocycles. The zero-order chi connectivity index (χ0) is 21.8. The lowest BCUT2D eigenvalue weighted by atomic mass is 10.1. The van der Waals surface area contributed by atoms with Crippen LogP contribution in [0.1, 0.15) is 43.9 Å². The number of imide groups is 1. The molecule has 0 aliphatic carbocycles. The van der Waals surface area contributed by atoms with Crippen LogP contribution in [0.15, 0.2) is 60.1 Å². The van der Waals surface area contributed by atoms with Crippen molar-refractivity contribution in [3.8, 4) is 0 Å². The van der Waals surface area contributed by atoms with Crippen LogP contribution >= 0.6 is 11.3 Å². The Hall–Kier alpha value is -3.85. The Kier molecular flexibility index (Phi) is 5.85. The van der Waals surface area contributed by atoms with Gasteiger partial charge in [0, 0.05) is 24.5 Å². The molecular weight excluding hydrogens is 416 g/mol. The van der Waals surface area contributed by atoms with E-state index in [1.54, 1.807) is 60.1 Å². The predicted molar refractivity (Wildman–Crippen MR) is 116 cm³/mol. The van der Waals surface area contributed by atoms with Gasteiger partial charge in [-0.3, -0.25) is 29.4 Å². The van der Waals surface area contributed by atoms with Crippen LogP contribution in [-0.2, 0) is 4.79 Å². The minimum atomic E-state index is -0.378. The summed E-state index contributed by atoms with van der Waals surface area (Å²) in [6, 6.07) is 13.3. The minimum Gasteiger partial charge on any atom is -0.325 e. The number of anilines is 2. The van der Waals surface area contributed by atoms with Gasteiger partial charge in [-0.1, -0.05) is 24.3 Å². The summed E-state index contributed by atoms with van der Waals surface area (Å²) in [4.78, 5) is 54.9. The van der Waals surface area contributed by atoms with Gasteiger partial charge in [0.1, 0.15) is 0 Å². The zero-order valence-electron chi connectivity index (χ0n) is 16.3. The van der Waals surface area contributed by atoms with Gasteiger partial charge in [-0.05, 0) is 30.7 Å². The molecule has 0 radical (unpaired) electrons. The van der Waals surface area contributed by atoms with Crippen LogP contribution in [-0.4, -0.2) is 40.1 Å². The summed E-state index contributed by atoms with van der Waals surface area (Å²) in [5.41, 5.74) is 1.46. The third-order valence-electron chi connectivity index (χ3n) is 4.76. The number of nitrogens with zero attached hydrogens (tertiary/aromatic N) is 2. The highest BCUT2D eigenvalue weighted by atomic mass is 32.1. The van der Waals surface area contributed by atoms with Crippen molar-refractivity contribution in [2.75, 3.05) is 17.2 Å². The number of carbonyl (C=O) groups excluding carboxylic acids is 4. The molecule has 0 atom stereocenters. The van der Waals surface area contributed by atoms with Gasteiger partial charge in [0.25, 0.3) is 17.7 Å². The lowest BCUT2D eigenvalue weighted by molar-refractivity contribution is -0.116. The van der Waals surface area contributed by atoms with Crippen molar-refractivity contribution >= 4 is 45.8 Å². The lowest BCUT2D eigenvalue weighted by Crippen LogP contribution is -2.31. The molecule has 1 aliphatic rings. The van der Waals surface area contributed by atoms with Crippen LogP contribution in [0.25, 0.3) is 0 Å². The number of para-hydroxylation sites is 1. The van der Waals surface area contributed by atoms with Gasteiger partial charge in [-0.15, -0.1) is 11.3 Å². The highest BCUT2D eigenvalue weighted by Gasteiger charge is 2.34. The minimum absolute atomic E-state index is 0.0931. The Bertz CT molecular complexity index is 1120. The van der Waals surface area contributed by atoms with Crippen LogP contribution in [0.2, 0.25) is 0 Å². The molecule has 0 fully saturated rings. The molecule has 0 unspecified atom stereocenters. The van der Waals surface area contributed by atoms with E-state index in [1.807, 2.05) is 0 Å². The topological polar surface area (TPSA) is 108 Å². The van der Waals surface area contributed by atoms with Gasteiger partial charge in [-0.25, -0.2) is 4.98 Å². The number of benzene rings is 2. The van der Waals surface area contributed by atoms with E-state index in [-0.39, 0.29) is 36.6 Å². The number of hydrogen-bond donors (Lipinski definition) is 2. The molecule has 1 aliphatic heterocycles. The van der Waals surface area contributed by atoms with Gasteiger partial charge >= 0.3 is 0 Å². The van der Waals surface area contributed by atoms with E-state index in [1.165, 1.54) is 11.3 Å². The van der Waals surface area contributed by atoms with E-state index >= 15 is 0 Å². The molecule has 8 nitrogen and oxygen atoms in total. The van der Waals surface area contributed by atoms with Crippen LogP contribution in [0.5, 0.6) is 0 Å². The summed E-state index contributed by atoms with van der Waals surface area (Å²) >= 11 is 1.29. The standard InChI is InChI=1S/C22H18N4O4S/c27-18(10-5-12-26-20(29)14-6-1-2-7-15(14)21(26)30)24-17-9-4-3-8-16(17)19(28)25-22-23-11-13-31-22/h1-4,6-9,11,13H,5,10,12H2,(H,24,27)(H,23,25,28). The fraction of sp³-hybridized carbons (Fsp3) is 0.136. The number of carbonyl (C=O) groups is 4. The molecule has 4 amide bonds. The first-order chi connectivity index (χ1) is 15.0. The van der Waals surface area contributed by atoms with Gasteiger partial charge in [0.05, 0.1) is 22.4 Å². The molecule has 9 heteroatoms. The number of nitrogens with one attached hydrogen (secondary N) is 2. The monoisotopic (exact) mass is 434 g/mol. The molecule has 3 aromatic rings. The fourth-order valence-electron chi connectivity index (χ4n) is 3.29. The Morgan fingerprint density at radius 3 is 2.29 bits per heavy atom. The maximum absolute atomic E-state index is 12.5. The number of aromatic nitrogens is 1. The van der Waals surface area contributed by atoms with Crippen molar-refractivity contribution in [2.24, 2.45) is 0 Å². The first kappa shape index (κ1) is 20.4. The average molecular weight is 434 g/mol. The Morgan fingerprint density at radius 2 is 1.61 bits per heavy atom. The first-order valence-electron chi connectivity index (χ1n) is 9.59. The second-order valence-electron chi connectivity index (χ2n) is 6.80. The molecule has 0 bridgehead atoms. The zero-order valence-corrected chi connectivity index (χ0v) is 17.1. The second-order valence-corrected chi connectivity index (χ2v) is 7.69. The van der Waals surface area contributed by atoms with Gasteiger partial charge in [-0.2, -0.15) is 0 Å². The summed E-state index contributed by atoms with van der Waals surface area (Å²) in [6.45, 7) is 0.145. The number of rotatable bonds is 7. The predicted octanol–water partition coefficient (Wildman–Crippen LogP) is 3.41. The van der Waals surface area contributed by atoms with Crippen molar-refractivity contribution in [1.29, 1.82) is 0 Å². The highest BCUT2D eigenvalue weighted by Crippen LogP contribution is 2.23. The van der Waals surface area contributed by atoms with Crippen LogP contribution < -0.4 is 10.6 Å². The fourth-order valence-corrected chi connectivity index (χ4v) is 3.82. The molecule has 4 rings (SSSR count). The summed E-state index contributed by atoms with van der Waals surface area (Å²) < 4.78 is 0. The Labute approximate surface area is 181 Å². The maximum Gasteiger partial charge on any atom is 0.261 e. The van der Waals surface area contributed by atoms with Crippen LogP contribution in [0.3, 0.4) is 0 Å². The van der Waals surface area contributed by atoms with E-state index in [2.05, 4.69) is 15.6 Å². The van der Waals surface area contributed by atoms with E-state index in [4.69, 9.17) is 0 Å². The average Bonchev–Trinajstić information content (AvgIpc) is 3.36. The quantitative estimate of drug-likeness (QED) is 0.554. The summed E-state index contributed by atoms with van der Waals surface area (Å²) in [6.07, 6.45) is 1.99. The van der Waals surface area contributed by atoms with Crippen molar-refractivity contribution in [3.05, 3.63) is 76.8 Å². The highest BCUT2D eigenvalue weighted by molar-refractivity contribution is 7.13. The molecule has 0 spiro atoms. The summed E-state index contributed by atoms with van der Waals surface area (Å²) in [7, 11) is 0. The third-order valence-corrected chi connectivity index (χ3v) is 5.45. The number of hydrogen-bond acceptors (Lipinski definition) is 6. The van der Waals surface area contributed by atoms with E-state index < -0.39 is 0 Å². The van der Waals surface area contributed by atoms with Gasteiger partial charge < -0.3 is 5.32 Å². The van der Waals surface area contributed by atoms with E-state index in [9.17, 15) is 19.2 Å². The largest absolute Gasteiger partial charge is 0.325 e. The normalized spacial score (nSPS) is 12.6.